The Hall–Kier alpha value is -3.49. The lowest BCUT2D eigenvalue weighted by Crippen LogP contribution is -2.27. The number of nitrogens with one attached hydrogen (secondary N) is 2. The van der Waals surface area contributed by atoms with E-state index in [4.69, 9.17) is 0 Å². The van der Waals surface area contributed by atoms with Crippen molar-refractivity contribution in [1.29, 1.82) is 0 Å². The average molecular weight is 452 g/mol. The number of carbonyl (C=O) groups is 2. The molecule has 0 aliphatic carbocycles. The molecule has 7 nitrogen and oxygen atoms in total. The van der Waals surface area contributed by atoms with Gasteiger partial charge in [-0.25, -0.2) is 8.42 Å². The first-order chi connectivity index (χ1) is 15.4. The number of rotatable bonds is 9. The fourth-order valence-corrected chi connectivity index (χ4v) is 4.18. The minimum Gasteiger partial charge on any atom is -0.352 e. The van der Waals surface area contributed by atoms with E-state index in [1.165, 1.54) is 23.5 Å². The Labute approximate surface area is 188 Å². The highest BCUT2D eigenvalue weighted by molar-refractivity contribution is 7.89. The second-order valence-electron chi connectivity index (χ2n) is 7.19. The van der Waals surface area contributed by atoms with Gasteiger partial charge in [0.05, 0.1) is 4.90 Å². The second-order valence-corrected chi connectivity index (χ2v) is 9.24. The summed E-state index contributed by atoms with van der Waals surface area (Å²) in [4.78, 5) is 24.3. The Morgan fingerprint density at radius 1 is 0.844 bits per heavy atom. The van der Waals surface area contributed by atoms with Gasteiger partial charge in [-0.2, -0.15) is 4.31 Å². The van der Waals surface area contributed by atoms with E-state index in [-0.39, 0.29) is 36.2 Å². The Kier molecular flexibility index (Phi) is 7.75. The van der Waals surface area contributed by atoms with Gasteiger partial charge >= 0.3 is 0 Å². The Morgan fingerprint density at radius 3 is 2.06 bits per heavy atom. The Morgan fingerprint density at radius 2 is 1.44 bits per heavy atom. The van der Waals surface area contributed by atoms with Crippen molar-refractivity contribution in [3.8, 4) is 0 Å². The van der Waals surface area contributed by atoms with Crippen molar-refractivity contribution >= 4 is 27.5 Å². The van der Waals surface area contributed by atoms with E-state index in [1.54, 1.807) is 36.4 Å². The maximum atomic E-state index is 12.8. The third-order valence-electron chi connectivity index (χ3n) is 4.77. The summed E-state index contributed by atoms with van der Waals surface area (Å²) in [5.74, 6) is -0.525. The number of amides is 2. The molecule has 166 valence electrons. The second kappa shape index (κ2) is 10.7. The molecule has 32 heavy (non-hydrogen) atoms. The number of hydrogen-bond donors (Lipinski definition) is 2. The molecule has 3 aromatic rings. The van der Waals surface area contributed by atoms with Crippen LogP contribution in [0, 0.1) is 0 Å². The number of carbonyl (C=O) groups excluding carboxylic acids is 2. The Bertz CT molecular complexity index is 1150. The first kappa shape index (κ1) is 23.2. The van der Waals surface area contributed by atoms with Crippen LogP contribution in [0.2, 0.25) is 0 Å². The zero-order chi connectivity index (χ0) is 23.0. The summed E-state index contributed by atoms with van der Waals surface area (Å²) in [6, 6.07) is 24.1. The summed E-state index contributed by atoms with van der Waals surface area (Å²) < 4.78 is 26.9. The standard InChI is InChI=1S/C24H25N3O4S/c1-27(18-19-8-4-2-5-9-19)32(30,31)22-14-12-21(13-15-22)26-23(28)16-17-25-24(29)20-10-6-3-7-11-20/h2-15H,16-18H2,1H3,(H,25,29)(H,26,28). The van der Waals surface area contributed by atoms with Gasteiger partial charge in [0.15, 0.2) is 0 Å². The largest absolute Gasteiger partial charge is 0.352 e. The monoisotopic (exact) mass is 451 g/mol. The SMILES string of the molecule is CN(Cc1ccccc1)S(=O)(=O)c1ccc(NC(=O)CCNC(=O)c2ccccc2)cc1. The normalized spacial score (nSPS) is 11.2. The van der Waals surface area contributed by atoms with Crippen LogP contribution in [-0.4, -0.2) is 38.1 Å². The van der Waals surface area contributed by atoms with E-state index in [0.29, 0.717) is 11.3 Å². The van der Waals surface area contributed by atoms with E-state index in [0.717, 1.165) is 5.56 Å². The van der Waals surface area contributed by atoms with Crippen molar-refractivity contribution in [2.24, 2.45) is 0 Å². The molecule has 0 unspecified atom stereocenters. The zero-order valence-corrected chi connectivity index (χ0v) is 18.5. The molecule has 0 fully saturated rings. The fraction of sp³-hybridized carbons (Fsp3) is 0.167. The maximum Gasteiger partial charge on any atom is 0.251 e. The van der Waals surface area contributed by atoms with E-state index in [2.05, 4.69) is 10.6 Å². The maximum absolute atomic E-state index is 12.8. The van der Waals surface area contributed by atoms with Crippen LogP contribution in [-0.2, 0) is 21.4 Å². The number of anilines is 1. The van der Waals surface area contributed by atoms with Gasteiger partial charge in [0.1, 0.15) is 0 Å². The molecular formula is C24H25N3O4S. The quantitative estimate of drug-likeness (QED) is 0.522. The van der Waals surface area contributed by atoms with Gasteiger partial charge in [-0.05, 0) is 42.0 Å². The molecule has 0 saturated heterocycles. The van der Waals surface area contributed by atoms with Gasteiger partial charge in [-0.15, -0.1) is 0 Å². The lowest BCUT2D eigenvalue weighted by Gasteiger charge is -2.17. The van der Waals surface area contributed by atoms with Crippen LogP contribution in [0.25, 0.3) is 0 Å². The predicted octanol–water partition coefficient (Wildman–Crippen LogP) is 3.27. The van der Waals surface area contributed by atoms with Gasteiger partial charge < -0.3 is 10.6 Å². The van der Waals surface area contributed by atoms with Crippen LogP contribution in [0.5, 0.6) is 0 Å². The molecule has 2 N–H and O–H groups in total. The number of nitrogens with zero attached hydrogens (tertiary/aromatic N) is 1. The molecule has 0 radical (unpaired) electrons. The van der Waals surface area contributed by atoms with Crippen LogP contribution in [0.3, 0.4) is 0 Å². The summed E-state index contributed by atoms with van der Waals surface area (Å²) in [5.41, 5.74) is 1.90. The lowest BCUT2D eigenvalue weighted by atomic mass is 10.2. The highest BCUT2D eigenvalue weighted by Crippen LogP contribution is 2.19. The van der Waals surface area contributed by atoms with Crippen molar-refractivity contribution in [2.45, 2.75) is 17.9 Å². The average Bonchev–Trinajstić information content (AvgIpc) is 2.80. The molecule has 0 saturated carbocycles. The summed E-state index contributed by atoms with van der Waals surface area (Å²) in [6.07, 6.45) is 0.0957. The highest BCUT2D eigenvalue weighted by Gasteiger charge is 2.20. The number of benzene rings is 3. The van der Waals surface area contributed by atoms with Crippen molar-refractivity contribution in [1.82, 2.24) is 9.62 Å². The van der Waals surface area contributed by atoms with E-state index in [9.17, 15) is 18.0 Å². The minimum atomic E-state index is -3.66. The molecule has 0 spiro atoms. The topological polar surface area (TPSA) is 95.6 Å². The molecule has 0 aromatic heterocycles. The summed E-state index contributed by atoms with van der Waals surface area (Å²) in [6.45, 7) is 0.451. The van der Waals surface area contributed by atoms with Gasteiger partial charge in [0.2, 0.25) is 15.9 Å². The van der Waals surface area contributed by atoms with E-state index < -0.39 is 10.0 Å². The number of hydrogen-bond acceptors (Lipinski definition) is 4. The Balaban J connectivity index is 1.51. The number of sulfonamides is 1. The third kappa shape index (κ3) is 6.26. The van der Waals surface area contributed by atoms with Crippen LogP contribution in [0.15, 0.2) is 89.8 Å². The molecule has 0 atom stereocenters. The molecule has 8 heteroatoms. The van der Waals surface area contributed by atoms with Crippen molar-refractivity contribution in [2.75, 3.05) is 18.9 Å². The smallest absolute Gasteiger partial charge is 0.251 e. The molecule has 3 rings (SSSR count). The molecule has 2 amide bonds. The summed E-state index contributed by atoms with van der Waals surface area (Å²) in [5, 5.41) is 5.40. The molecule has 0 heterocycles. The van der Waals surface area contributed by atoms with E-state index in [1.807, 2.05) is 36.4 Å². The minimum absolute atomic E-state index is 0.0957. The third-order valence-corrected chi connectivity index (χ3v) is 6.59. The van der Waals surface area contributed by atoms with Gasteiger partial charge in [-0.1, -0.05) is 48.5 Å². The van der Waals surface area contributed by atoms with Gasteiger partial charge in [-0.3, -0.25) is 9.59 Å². The van der Waals surface area contributed by atoms with Crippen LogP contribution < -0.4 is 10.6 Å². The van der Waals surface area contributed by atoms with Gasteiger partial charge in [0.25, 0.3) is 5.91 Å². The van der Waals surface area contributed by atoms with E-state index >= 15 is 0 Å². The summed E-state index contributed by atoms with van der Waals surface area (Å²) in [7, 11) is -2.13. The summed E-state index contributed by atoms with van der Waals surface area (Å²) >= 11 is 0. The first-order valence-electron chi connectivity index (χ1n) is 10.1. The molecule has 0 aliphatic heterocycles. The molecule has 3 aromatic carbocycles. The van der Waals surface area contributed by atoms with Gasteiger partial charge in [0, 0.05) is 37.8 Å². The predicted molar refractivity (Wildman–Crippen MR) is 124 cm³/mol. The van der Waals surface area contributed by atoms with Crippen LogP contribution in [0.1, 0.15) is 22.3 Å². The molecule has 0 aliphatic rings. The lowest BCUT2D eigenvalue weighted by molar-refractivity contribution is -0.116. The molecule has 0 bridgehead atoms. The first-order valence-corrected chi connectivity index (χ1v) is 11.5. The zero-order valence-electron chi connectivity index (χ0n) is 17.7. The van der Waals surface area contributed by atoms with Crippen molar-refractivity contribution < 1.29 is 18.0 Å². The highest BCUT2D eigenvalue weighted by atomic mass is 32.2. The molecular weight excluding hydrogens is 426 g/mol. The van der Waals surface area contributed by atoms with Crippen molar-refractivity contribution in [3.05, 3.63) is 96.1 Å². The van der Waals surface area contributed by atoms with Crippen molar-refractivity contribution in [3.63, 3.8) is 0 Å². The van der Waals surface area contributed by atoms with Crippen LogP contribution >= 0.6 is 0 Å². The van der Waals surface area contributed by atoms with Crippen LogP contribution in [0.4, 0.5) is 5.69 Å². The fourth-order valence-electron chi connectivity index (χ4n) is 3.02.